The van der Waals surface area contributed by atoms with E-state index in [2.05, 4.69) is 77.6 Å². The summed E-state index contributed by atoms with van der Waals surface area (Å²) in [6.07, 6.45) is 3.34. The van der Waals surface area contributed by atoms with Crippen LogP contribution in [0.15, 0.2) is 176 Å². The van der Waals surface area contributed by atoms with Crippen LogP contribution in [0, 0.1) is 18.8 Å². The van der Waals surface area contributed by atoms with E-state index in [1.807, 2.05) is 73.5 Å². The molecule has 9 aromatic rings. The molecule has 6 heteroatoms. The standard InChI is InChI=1S/C56H47N4O.Pt/c1-56(2,3)42-33-34-57-55(36-42)60-51-28-11-10-25-49(51)50-32-31-45(38-54(50)60)61-44-23-16-22-43(37-44)59-39-58(52-29-12-13-30-53(52)59)35-15-14-24-48-46(40-18-6-4-7-19-40)26-17-27-47(48)41-20-8-5-9-21-41;/h4-13,16-23,25-34,36,39H,14-15,24,35H2,1-3H3;/q-3;/i4D,5D,6D,7D,8D,9D,18D,19D,20D,21D;. The molecule has 0 N–H and O–H groups in total. The van der Waals surface area contributed by atoms with E-state index >= 15 is 0 Å². The zero-order valence-corrected chi connectivity index (χ0v) is 36.7. The summed E-state index contributed by atoms with van der Waals surface area (Å²) < 4.78 is 94.1. The third-order valence-corrected chi connectivity index (χ3v) is 11.1. The number of fused-ring (bicyclic) bond motifs is 4. The van der Waals surface area contributed by atoms with Gasteiger partial charge in [0.1, 0.15) is 5.82 Å². The van der Waals surface area contributed by atoms with Gasteiger partial charge < -0.3 is 19.1 Å². The molecule has 1 aliphatic heterocycles. The smallest absolute Gasteiger partial charge is 0.135 e. The van der Waals surface area contributed by atoms with Gasteiger partial charge in [0.25, 0.3) is 0 Å². The van der Waals surface area contributed by atoms with Gasteiger partial charge in [0.2, 0.25) is 0 Å². The molecule has 310 valence electrons. The number of unbranched alkanes of at least 4 members (excludes halogenated alkanes) is 1. The topological polar surface area (TPSA) is 33.5 Å². The molecule has 10 rings (SSSR count). The number of nitrogens with zero attached hydrogens (tertiary/aromatic N) is 4. The fourth-order valence-electron chi connectivity index (χ4n) is 8.16. The minimum Gasteiger partial charge on any atom is -0.509 e. The maximum Gasteiger partial charge on any atom is 0.135 e. The molecular formula is C56H47N4OPt-3. The van der Waals surface area contributed by atoms with E-state index in [0.717, 1.165) is 44.7 Å². The molecule has 7 aromatic carbocycles. The van der Waals surface area contributed by atoms with Crippen molar-refractivity contribution in [1.29, 1.82) is 0 Å². The average Bonchev–Trinajstić information content (AvgIpc) is 3.91. The Balaban J connectivity index is 0.00000640. The van der Waals surface area contributed by atoms with Crippen LogP contribution in [0.2, 0.25) is 0 Å². The van der Waals surface area contributed by atoms with Crippen LogP contribution in [0.1, 0.15) is 58.4 Å². The first kappa shape index (κ1) is 30.6. The second kappa shape index (κ2) is 17.5. The Kier molecular flexibility index (Phi) is 8.64. The van der Waals surface area contributed by atoms with Crippen molar-refractivity contribution >= 4 is 38.9 Å². The number of rotatable bonds is 11. The van der Waals surface area contributed by atoms with Crippen molar-refractivity contribution in [3.05, 3.63) is 206 Å². The molecule has 0 atom stereocenters. The first-order valence-electron chi connectivity index (χ1n) is 25.4. The molecule has 2 aromatic heterocycles. The number of ether oxygens (including phenoxy) is 1. The molecule has 0 radical (unpaired) electrons. The summed E-state index contributed by atoms with van der Waals surface area (Å²) in [7, 11) is 0. The van der Waals surface area contributed by atoms with Crippen LogP contribution < -0.4 is 14.5 Å². The molecule has 5 nitrogen and oxygen atoms in total. The maximum absolute atomic E-state index is 8.83. The summed E-state index contributed by atoms with van der Waals surface area (Å²) in [4.78, 5) is 9.02. The van der Waals surface area contributed by atoms with Crippen molar-refractivity contribution in [2.45, 2.75) is 45.4 Å². The van der Waals surface area contributed by atoms with Crippen molar-refractivity contribution in [3.8, 4) is 39.6 Å². The van der Waals surface area contributed by atoms with Gasteiger partial charge in [0.15, 0.2) is 0 Å². The Morgan fingerprint density at radius 3 is 2.10 bits per heavy atom. The number of benzene rings is 7. The van der Waals surface area contributed by atoms with Gasteiger partial charge in [-0.05, 0) is 100 Å². The van der Waals surface area contributed by atoms with Gasteiger partial charge >= 0.3 is 0 Å². The number of hydrogen-bond acceptors (Lipinski definition) is 4. The molecule has 3 heterocycles. The van der Waals surface area contributed by atoms with E-state index in [9.17, 15) is 0 Å². The minimum absolute atomic E-state index is 0. The normalized spacial score (nSPS) is 14.7. The van der Waals surface area contributed by atoms with Crippen molar-refractivity contribution in [2.24, 2.45) is 0 Å². The maximum atomic E-state index is 8.83. The van der Waals surface area contributed by atoms with Crippen LogP contribution in [-0.2, 0) is 32.9 Å². The number of anilines is 3. The molecule has 0 fully saturated rings. The first-order valence-corrected chi connectivity index (χ1v) is 20.4. The molecular weight excluding hydrogens is 940 g/mol. The average molecular weight is 997 g/mol. The molecule has 0 saturated heterocycles. The largest absolute Gasteiger partial charge is 0.509 e. The van der Waals surface area contributed by atoms with Crippen molar-refractivity contribution in [2.75, 3.05) is 16.3 Å². The number of pyridine rings is 1. The van der Waals surface area contributed by atoms with Crippen LogP contribution in [-0.4, -0.2) is 16.1 Å². The Labute approximate surface area is 393 Å². The Morgan fingerprint density at radius 2 is 1.35 bits per heavy atom. The fraction of sp³-hybridized carbons (Fsp3) is 0.143. The molecule has 0 aliphatic carbocycles. The predicted molar refractivity (Wildman–Crippen MR) is 252 cm³/mol. The fourth-order valence-corrected chi connectivity index (χ4v) is 8.16. The Morgan fingerprint density at radius 1 is 0.677 bits per heavy atom. The monoisotopic (exact) mass is 996 g/mol. The Hall–Kier alpha value is -6.42. The van der Waals surface area contributed by atoms with Gasteiger partial charge in [-0.15, -0.1) is 41.4 Å². The summed E-state index contributed by atoms with van der Waals surface area (Å²) in [5.41, 5.74) is 6.83. The van der Waals surface area contributed by atoms with Gasteiger partial charge in [-0.25, -0.2) is 4.98 Å². The zero-order chi connectivity index (χ0) is 50.0. The van der Waals surface area contributed by atoms with Crippen LogP contribution >= 0.6 is 0 Å². The SMILES string of the molecule is [2H]c1c([2H])c([2H])c(-c2cccc(-c3c([2H])c([2H])c([2H])c([2H])c3[2H])c2CCCCN2[CH-]N(c3[c-]c(Oc4[c-]c5c(cc4)c4ccccc4n5-c4cc(C(C)(C)C)ccn4)ccc3)c3ccccc32)c([2H])c1[2H].[Pt]. The van der Waals surface area contributed by atoms with Crippen molar-refractivity contribution < 1.29 is 39.5 Å². The second-order valence-electron chi connectivity index (χ2n) is 16.0. The molecule has 0 unspecified atom stereocenters. The molecule has 1 aliphatic rings. The van der Waals surface area contributed by atoms with Crippen molar-refractivity contribution in [1.82, 2.24) is 9.55 Å². The first-order chi connectivity index (χ1) is 34.0. The third-order valence-electron chi connectivity index (χ3n) is 11.1. The van der Waals surface area contributed by atoms with E-state index in [4.69, 9.17) is 23.4 Å². The van der Waals surface area contributed by atoms with E-state index in [-0.39, 0.29) is 61.8 Å². The quantitative estimate of drug-likeness (QED) is 0.0955. The van der Waals surface area contributed by atoms with Crippen LogP contribution in [0.4, 0.5) is 17.1 Å². The number of para-hydroxylation sites is 3. The summed E-state index contributed by atoms with van der Waals surface area (Å²) in [5, 5.41) is 2.12. The van der Waals surface area contributed by atoms with Gasteiger partial charge in [-0.2, -0.15) is 18.8 Å². The van der Waals surface area contributed by atoms with Gasteiger partial charge in [0, 0.05) is 55.7 Å². The minimum atomic E-state index is -0.521. The third kappa shape index (κ3) is 8.06. The summed E-state index contributed by atoms with van der Waals surface area (Å²) in [6, 6.07) is 37.7. The van der Waals surface area contributed by atoms with E-state index < -0.39 is 36.3 Å². The number of aromatic nitrogens is 2. The van der Waals surface area contributed by atoms with Gasteiger partial charge in [-0.3, -0.25) is 0 Å². The predicted octanol–water partition coefficient (Wildman–Crippen LogP) is 14.3. The number of hydrogen-bond donors (Lipinski definition) is 0. The molecule has 0 bridgehead atoms. The Bertz CT molecular complexity index is 3450. The van der Waals surface area contributed by atoms with Crippen molar-refractivity contribution in [3.63, 3.8) is 0 Å². The zero-order valence-electron chi connectivity index (χ0n) is 44.4. The van der Waals surface area contributed by atoms with E-state index in [1.54, 1.807) is 18.2 Å². The summed E-state index contributed by atoms with van der Waals surface area (Å²) >= 11 is 0. The van der Waals surface area contributed by atoms with Crippen LogP contribution in [0.25, 0.3) is 49.9 Å². The summed E-state index contributed by atoms with van der Waals surface area (Å²) in [5.74, 6) is 1.83. The summed E-state index contributed by atoms with van der Waals surface area (Å²) in [6.45, 7) is 9.16. The molecule has 62 heavy (non-hydrogen) atoms. The van der Waals surface area contributed by atoms with Gasteiger partial charge in [-0.1, -0.05) is 135 Å². The second-order valence-corrected chi connectivity index (χ2v) is 16.0. The van der Waals surface area contributed by atoms with Crippen LogP contribution in [0.3, 0.4) is 0 Å². The molecule has 0 saturated carbocycles. The molecule has 0 spiro atoms. The van der Waals surface area contributed by atoms with E-state index in [0.29, 0.717) is 54.0 Å². The van der Waals surface area contributed by atoms with Gasteiger partial charge in [0.05, 0.1) is 13.7 Å². The van der Waals surface area contributed by atoms with Crippen LogP contribution in [0.5, 0.6) is 11.5 Å². The van der Waals surface area contributed by atoms with E-state index in [1.165, 1.54) is 5.56 Å². The molecule has 0 amide bonds.